The van der Waals surface area contributed by atoms with E-state index in [1.54, 1.807) is 25.1 Å². The summed E-state index contributed by atoms with van der Waals surface area (Å²) in [6.07, 6.45) is -4.43. The summed E-state index contributed by atoms with van der Waals surface area (Å²) >= 11 is 1.03. The van der Waals surface area contributed by atoms with Crippen LogP contribution in [0.15, 0.2) is 24.3 Å². The van der Waals surface area contributed by atoms with E-state index in [0.717, 1.165) is 22.3 Å². The Morgan fingerprint density at radius 1 is 1.27 bits per heavy atom. The number of Topliss-reactive ketones (excluding diaryl/α,β-unsaturated/α-hetero) is 1. The number of aryl methyl sites for hydroxylation is 2. The van der Waals surface area contributed by atoms with Crippen LogP contribution in [0.1, 0.15) is 32.3 Å². The number of halogens is 3. The minimum Gasteiger partial charge on any atom is -0.397 e. The van der Waals surface area contributed by atoms with Gasteiger partial charge in [0.1, 0.15) is 4.88 Å². The molecular weight excluding hydrogens is 367 g/mol. The fraction of sp³-hybridized carbons (Fsp3) is 0.250. The lowest BCUT2D eigenvalue weighted by molar-refractivity contribution is -0.141. The number of ketones is 1. The van der Waals surface area contributed by atoms with Crippen molar-refractivity contribution < 1.29 is 18.0 Å². The molecule has 2 N–H and O–H groups in total. The van der Waals surface area contributed by atoms with E-state index in [9.17, 15) is 18.0 Å². The predicted molar refractivity (Wildman–Crippen MR) is 90.4 cm³/mol. The number of nitrogen functional groups attached to an aromatic ring is 1. The van der Waals surface area contributed by atoms with Gasteiger partial charge in [0.2, 0.25) is 0 Å². The molecule has 0 radical (unpaired) electrons. The van der Waals surface area contributed by atoms with Crippen LogP contribution in [0.5, 0.6) is 0 Å². The van der Waals surface area contributed by atoms with E-state index >= 15 is 0 Å². The lowest BCUT2D eigenvalue weighted by Crippen LogP contribution is -2.09. The number of benzene rings is 1. The summed E-state index contributed by atoms with van der Waals surface area (Å²) in [6.45, 7) is 3.21. The largest absolute Gasteiger partial charge is 0.435 e. The van der Waals surface area contributed by atoms with Crippen molar-refractivity contribution in [2.24, 2.45) is 0 Å². The Morgan fingerprint density at radius 2 is 2.00 bits per heavy atom. The molecule has 136 valence electrons. The maximum absolute atomic E-state index is 12.8. The van der Waals surface area contributed by atoms with Crippen LogP contribution in [0.3, 0.4) is 0 Å². The maximum atomic E-state index is 12.8. The van der Waals surface area contributed by atoms with Gasteiger partial charge in [-0.15, -0.1) is 5.10 Å². The number of hydrogen-bond acceptors (Lipinski definition) is 6. The first kappa shape index (κ1) is 18.1. The van der Waals surface area contributed by atoms with Gasteiger partial charge < -0.3 is 5.73 Å². The molecule has 26 heavy (non-hydrogen) atoms. The van der Waals surface area contributed by atoms with Crippen molar-refractivity contribution in [3.05, 3.63) is 51.8 Å². The quantitative estimate of drug-likeness (QED) is 0.553. The van der Waals surface area contributed by atoms with Gasteiger partial charge in [-0.2, -0.15) is 18.3 Å². The minimum atomic E-state index is -4.53. The summed E-state index contributed by atoms with van der Waals surface area (Å²) in [5, 5.41) is 7.39. The van der Waals surface area contributed by atoms with E-state index in [2.05, 4.69) is 14.7 Å². The normalized spacial score (nSPS) is 11.7. The summed E-state index contributed by atoms with van der Waals surface area (Å²) < 4.78 is 43.3. The minimum absolute atomic E-state index is 0.0983. The third-order valence-corrected chi connectivity index (χ3v) is 4.64. The van der Waals surface area contributed by atoms with Gasteiger partial charge in [-0.25, -0.2) is 4.68 Å². The molecule has 0 unspecified atom stereocenters. The summed E-state index contributed by atoms with van der Waals surface area (Å²) in [5.74, 6) is -0.140. The maximum Gasteiger partial charge on any atom is 0.435 e. The second kappa shape index (κ2) is 6.52. The number of carbonyl (C=O) groups excluding carboxylic acids is 1. The summed E-state index contributed by atoms with van der Waals surface area (Å²) in [6, 6.07) is 5.71. The third-order valence-electron chi connectivity index (χ3n) is 3.77. The monoisotopic (exact) mass is 381 g/mol. The molecule has 0 spiro atoms. The number of aromatic nitrogens is 4. The number of rotatable bonds is 4. The fourth-order valence-electron chi connectivity index (χ4n) is 2.52. The Kier molecular flexibility index (Phi) is 4.53. The van der Waals surface area contributed by atoms with Crippen molar-refractivity contribution in [1.29, 1.82) is 0 Å². The van der Waals surface area contributed by atoms with Crippen molar-refractivity contribution in [3.63, 3.8) is 0 Å². The Balaban J connectivity index is 1.88. The number of anilines is 1. The summed E-state index contributed by atoms with van der Waals surface area (Å²) in [7, 11) is 0. The molecule has 0 saturated heterocycles. The average Bonchev–Trinajstić information content (AvgIpc) is 3.13. The molecule has 0 aliphatic rings. The molecule has 1 aromatic carbocycles. The molecule has 0 saturated carbocycles. The Labute approximate surface area is 150 Å². The van der Waals surface area contributed by atoms with Gasteiger partial charge in [0.15, 0.2) is 11.5 Å². The first-order chi connectivity index (χ1) is 12.2. The lowest BCUT2D eigenvalue weighted by atomic mass is 10.1. The second-order valence-corrected chi connectivity index (χ2v) is 6.52. The lowest BCUT2D eigenvalue weighted by Gasteiger charge is -2.10. The van der Waals surface area contributed by atoms with Crippen LogP contribution in [0, 0.1) is 13.8 Å². The second-order valence-electron chi connectivity index (χ2n) is 5.76. The van der Waals surface area contributed by atoms with Crippen molar-refractivity contribution in [2.45, 2.75) is 26.4 Å². The van der Waals surface area contributed by atoms with Crippen molar-refractivity contribution in [2.75, 3.05) is 5.73 Å². The highest BCUT2D eigenvalue weighted by molar-refractivity contribution is 7.08. The van der Waals surface area contributed by atoms with E-state index in [1.807, 2.05) is 0 Å². The number of nitrogens with zero attached hydrogens (tertiary/aromatic N) is 4. The molecule has 3 aromatic rings. The van der Waals surface area contributed by atoms with Crippen molar-refractivity contribution in [1.82, 2.24) is 19.4 Å². The molecular formula is C16H14F3N5OS. The van der Waals surface area contributed by atoms with E-state index in [-0.39, 0.29) is 17.9 Å². The topological polar surface area (TPSA) is 86.7 Å². The highest BCUT2D eigenvalue weighted by atomic mass is 32.1. The molecule has 0 atom stereocenters. The van der Waals surface area contributed by atoms with Gasteiger partial charge in [-0.1, -0.05) is 10.6 Å². The Bertz CT molecular complexity index is 977. The van der Waals surface area contributed by atoms with Crippen LogP contribution >= 0.6 is 11.5 Å². The third kappa shape index (κ3) is 3.45. The van der Waals surface area contributed by atoms with Gasteiger partial charge >= 0.3 is 6.18 Å². The van der Waals surface area contributed by atoms with Crippen LogP contribution in [-0.2, 0) is 12.6 Å². The van der Waals surface area contributed by atoms with E-state index < -0.39 is 11.9 Å². The number of hydrogen-bond donors (Lipinski definition) is 1. The average molecular weight is 381 g/mol. The smallest absolute Gasteiger partial charge is 0.397 e. The van der Waals surface area contributed by atoms with Gasteiger partial charge in [0.05, 0.1) is 17.1 Å². The van der Waals surface area contributed by atoms with Crippen LogP contribution in [0.4, 0.5) is 18.9 Å². The predicted octanol–water partition coefficient (Wildman–Crippen LogP) is 3.37. The van der Waals surface area contributed by atoms with Crippen LogP contribution in [-0.4, -0.2) is 25.2 Å². The zero-order chi connectivity index (χ0) is 19.1. The zero-order valence-electron chi connectivity index (χ0n) is 13.8. The van der Waals surface area contributed by atoms with Crippen LogP contribution in [0.2, 0.25) is 0 Å². The van der Waals surface area contributed by atoms with Crippen LogP contribution < -0.4 is 5.73 Å². The Hall–Kier alpha value is -2.75. The van der Waals surface area contributed by atoms with Gasteiger partial charge in [0.25, 0.3) is 0 Å². The van der Waals surface area contributed by atoms with Gasteiger partial charge in [-0.05, 0) is 49.1 Å². The number of carbonyl (C=O) groups is 1. The fourth-order valence-corrected chi connectivity index (χ4v) is 3.11. The van der Waals surface area contributed by atoms with Gasteiger partial charge in [-0.3, -0.25) is 4.79 Å². The Morgan fingerprint density at radius 3 is 2.54 bits per heavy atom. The molecule has 10 heteroatoms. The van der Waals surface area contributed by atoms with E-state index in [0.29, 0.717) is 27.5 Å². The van der Waals surface area contributed by atoms with E-state index in [1.165, 1.54) is 6.92 Å². The molecule has 0 aliphatic heterocycles. The van der Waals surface area contributed by atoms with Gasteiger partial charge in [0, 0.05) is 12.1 Å². The molecule has 0 aliphatic carbocycles. The highest BCUT2D eigenvalue weighted by Gasteiger charge is 2.34. The van der Waals surface area contributed by atoms with Crippen LogP contribution in [0.25, 0.3) is 5.69 Å². The standard InChI is InChI=1S/C16H14F3N5OS/c1-8-5-14(16(17,18)19)22-24(8)12-4-3-10(6-11(12)20)7-13(25)15-9(2)21-23-26-15/h3-6H,7,20H2,1-2H3. The first-order valence-electron chi connectivity index (χ1n) is 7.51. The molecule has 0 bridgehead atoms. The summed E-state index contributed by atoms with van der Waals surface area (Å²) in [5.41, 5.74) is 7.07. The van der Waals surface area contributed by atoms with E-state index in [4.69, 9.17) is 5.73 Å². The van der Waals surface area contributed by atoms with Crippen molar-refractivity contribution in [3.8, 4) is 5.69 Å². The summed E-state index contributed by atoms with van der Waals surface area (Å²) in [4.78, 5) is 12.8. The first-order valence-corrected chi connectivity index (χ1v) is 8.29. The molecule has 2 aromatic heterocycles. The molecule has 0 fully saturated rings. The molecule has 3 rings (SSSR count). The molecule has 2 heterocycles. The van der Waals surface area contributed by atoms with Crippen molar-refractivity contribution >= 4 is 23.0 Å². The highest BCUT2D eigenvalue weighted by Crippen LogP contribution is 2.30. The molecule has 0 amide bonds. The number of alkyl halides is 3. The number of nitrogens with two attached hydrogens (primary N) is 1. The SMILES string of the molecule is Cc1nnsc1C(=O)Cc1ccc(-n2nc(C(F)(F)F)cc2C)c(N)c1. The zero-order valence-corrected chi connectivity index (χ0v) is 14.6. The molecule has 6 nitrogen and oxygen atoms in total.